The van der Waals surface area contributed by atoms with Crippen molar-refractivity contribution in [1.29, 1.82) is 0 Å². The SMILES string of the molecule is CC(NC(=O)c1ccc(C(F)(F)F)nc1)c1ccc(OC(F)F)cc1. The molecule has 1 atom stereocenters. The van der Waals surface area contributed by atoms with Crippen molar-refractivity contribution in [2.75, 3.05) is 0 Å². The first kappa shape index (κ1) is 18.6. The molecule has 0 saturated carbocycles. The summed E-state index contributed by atoms with van der Waals surface area (Å²) in [4.78, 5) is 15.3. The molecule has 2 rings (SSSR count). The Morgan fingerprint density at radius 1 is 1.12 bits per heavy atom. The Kier molecular flexibility index (Phi) is 5.55. The third-order valence-electron chi connectivity index (χ3n) is 3.27. The minimum Gasteiger partial charge on any atom is -0.435 e. The quantitative estimate of drug-likeness (QED) is 0.814. The normalized spacial score (nSPS) is 12.8. The molecule has 0 saturated heterocycles. The molecule has 1 unspecified atom stereocenters. The Morgan fingerprint density at radius 2 is 1.76 bits per heavy atom. The number of halogens is 5. The Morgan fingerprint density at radius 3 is 2.24 bits per heavy atom. The monoisotopic (exact) mass is 360 g/mol. The number of nitrogens with zero attached hydrogens (tertiary/aromatic N) is 1. The van der Waals surface area contributed by atoms with E-state index < -0.39 is 30.4 Å². The summed E-state index contributed by atoms with van der Waals surface area (Å²) < 4.78 is 65.7. The molecule has 0 fully saturated rings. The zero-order chi connectivity index (χ0) is 18.6. The predicted molar refractivity (Wildman–Crippen MR) is 78.2 cm³/mol. The maximum Gasteiger partial charge on any atom is 0.433 e. The fourth-order valence-electron chi connectivity index (χ4n) is 2.00. The lowest BCUT2D eigenvalue weighted by Gasteiger charge is -2.15. The molecule has 134 valence electrons. The number of carbonyl (C=O) groups is 1. The Bertz CT molecular complexity index is 715. The third-order valence-corrected chi connectivity index (χ3v) is 3.27. The fourth-order valence-corrected chi connectivity index (χ4v) is 2.00. The number of hydrogen-bond donors (Lipinski definition) is 1. The van der Waals surface area contributed by atoms with Gasteiger partial charge in [0.1, 0.15) is 11.4 Å². The van der Waals surface area contributed by atoms with Crippen LogP contribution < -0.4 is 10.1 Å². The number of ether oxygens (including phenoxy) is 1. The highest BCUT2D eigenvalue weighted by molar-refractivity contribution is 5.94. The average molecular weight is 360 g/mol. The lowest BCUT2D eigenvalue weighted by molar-refractivity contribution is -0.141. The largest absolute Gasteiger partial charge is 0.435 e. The summed E-state index contributed by atoms with van der Waals surface area (Å²) in [5, 5.41) is 2.58. The summed E-state index contributed by atoms with van der Waals surface area (Å²) in [6, 6.07) is 6.87. The van der Waals surface area contributed by atoms with Crippen LogP contribution in [0.4, 0.5) is 22.0 Å². The number of benzene rings is 1. The molecule has 0 bridgehead atoms. The summed E-state index contributed by atoms with van der Waals surface area (Å²) in [5.41, 5.74) is -0.515. The van der Waals surface area contributed by atoms with Gasteiger partial charge >= 0.3 is 12.8 Å². The van der Waals surface area contributed by atoms with Gasteiger partial charge in [0.15, 0.2) is 0 Å². The van der Waals surface area contributed by atoms with E-state index in [1.54, 1.807) is 6.92 Å². The van der Waals surface area contributed by atoms with Gasteiger partial charge in [-0.3, -0.25) is 9.78 Å². The van der Waals surface area contributed by atoms with E-state index in [0.29, 0.717) is 5.56 Å². The van der Waals surface area contributed by atoms with Gasteiger partial charge in [-0.25, -0.2) is 0 Å². The van der Waals surface area contributed by atoms with E-state index in [4.69, 9.17) is 0 Å². The van der Waals surface area contributed by atoms with E-state index in [1.165, 1.54) is 24.3 Å². The van der Waals surface area contributed by atoms with Crippen molar-refractivity contribution in [3.8, 4) is 5.75 Å². The molecule has 1 amide bonds. The summed E-state index contributed by atoms with van der Waals surface area (Å²) >= 11 is 0. The van der Waals surface area contributed by atoms with Crippen molar-refractivity contribution in [1.82, 2.24) is 10.3 Å². The molecule has 25 heavy (non-hydrogen) atoms. The minimum absolute atomic E-state index is 0.0239. The highest BCUT2D eigenvalue weighted by Crippen LogP contribution is 2.27. The lowest BCUT2D eigenvalue weighted by atomic mass is 10.1. The molecule has 1 aromatic heterocycles. The number of amides is 1. The summed E-state index contributed by atoms with van der Waals surface area (Å²) in [5.74, 6) is -0.633. The van der Waals surface area contributed by atoms with E-state index in [1.807, 2.05) is 0 Å². The molecular formula is C16H13F5N2O2. The van der Waals surface area contributed by atoms with E-state index >= 15 is 0 Å². The molecule has 0 aliphatic carbocycles. The first-order chi connectivity index (χ1) is 11.7. The molecule has 0 spiro atoms. The van der Waals surface area contributed by atoms with Crippen molar-refractivity contribution >= 4 is 5.91 Å². The van der Waals surface area contributed by atoms with Gasteiger partial charge in [-0.05, 0) is 36.8 Å². The van der Waals surface area contributed by atoms with E-state index in [0.717, 1.165) is 18.3 Å². The van der Waals surface area contributed by atoms with Gasteiger partial charge < -0.3 is 10.1 Å². The molecule has 1 aromatic carbocycles. The van der Waals surface area contributed by atoms with Crippen LogP contribution >= 0.6 is 0 Å². The topological polar surface area (TPSA) is 51.2 Å². The standard InChI is InChI=1S/C16H13F5N2O2/c1-9(10-2-5-12(6-3-10)25-15(17)18)23-14(24)11-4-7-13(22-8-11)16(19,20)21/h2-9,15H,1H3,(H,23,24). The number of alkyl halides is 5. The maximum absolute atomic E-state index is 12.4. The molecule has 1 heterocycles. The van der Waals surface area contributed by atoms with Crippen molar-refractivity contribution in [2.45, 2.75) is 25.8 Å². The van der Waals surface area contributed by atoms with Gasteiger partial charge in [0.2, 0.25) is 0 Å². The number of hydrogen-bond acceptors (Lipinski definition) is 3. The number of aromatic nitrogens is 1. The molecule has 4 nitrogen and oxygen atoms in total. The molecule has 0 radical (unpaired) electrons. The van der Waals surface area contributed by atoms with Gasteiger partial charge in [-0.1, -0.05) is 12.1 Å². The molecule has 0 aliphatic rings. The number of carbonyl (C=O) groups excluding carboxylic acids is 1. The Hall–Kier alpha value is -2.71. The number of nitrogens with one attached hydrogen (secondary N) is 1. The van der Waals surface area contributed by atoms with Gasteiger partial charge in [0.25, 0.3) is 5.91 Å². The predicted octanol–water partition coefficient (Wildman–Crippen LogP) is 4.19. The summed E-state index contributed by atoms with van der Waals surface area (Å²) in [6.07, 6.45) is -3.74. The highest BCUT2D eigenvalue weighted by Gasteiger charge is 2.32. The van der Waals surface area contributed by atoms with Gasteiger partial charge in [0, 0.05) is 6.20 Å². The molecule has 1 N–H and O–H groups in total. The molecule has 2 aromatic rings. The van der Waals surface area contributed by atoms with Crippen molar-refractivity contribution in [2.24, 2.45) is 0 Å². The Labute approximate surface area is 139 Å². The van der Waals surface area contributed by atoms with Crippen molar-refractivity contribution in [3.05, 3.63) is 59.4 Å². The lowest BCUT2D eigenvalue weighted by Crippen LogP contribution is -2.27. The van der Waals surface area contributed by atoms with Crippen LogP contribution in [0.15, 0.2) is 42.6 Å². The fraction of sp³-hybridized carbons (Fsp3) is 0.250. The first-order valence-corrected chi connectivity index (χ1v) is 7.05. The summed E-state index contributed by atoms with van der Waals surface area (Å²) in [7, 11) is 0. The summed E-state index contributed by atoms with van der Waals surface area (Å²) in [6.45, 7) is -1.30. The van der Waals surface area contributed by atoms with Crippen LogP contribution in [0.2, 0.25) is 0 Å². The van der Waals surface area contributed by atoms with Crippen LogP contribution in [0.3, 0.4) is 0 Å². The number of pyridine rings is 1. The zero-order valence-electron chi connectivity index (χ0n) is 12.8. The first-order valence-electron chi connectivity index (χ1n) is 7.05. The van der Waals surface area contributed by atoms with Gasteiger partial charge in [0.05, 0.1) is 11.6 Å². The second kappa shape index (κ2) is 7.45. The Balaban J connectivity index is 2.02. The van der Waals surface area contributed by atoms with E-state index in [9.17, 15) is 26.7 Å². The second-order valence-corrected chi connectivity index (χ2v) is 5.07. The smallest absolute Gasteiger partial charge is 0.433 e. The average Bonchev–Trinajstić information content (AvgIpc) is 2.54. The van der Waals surface area contributed by atoms with E-state index in [-0.39, 0.29) is 11.3 Å². The van der Waals surface area contributed by atoms with Crippen LogP contribution in [0, 0.1) is 0 Å². The molecule has 0 aliphatic heterocycles. The van der Waals surface area contributed by atoms with E-state index in [2.05, 4.69) is 15.0 Å². The number of rotatable bonds is 5. The second-order valence-electron chi connectivity index (χ2n) is 5.07. The van der Waals surface area contributed by atoms with Crippen LogP contribution in [-0.4, -0.2) is 17.5 Å². The van der Waals surface area contributed by atoms with Crippen molar-refractivity contribution < 1.29 is 31.5 Å². The van der Waals surface area contributed by atoms with Crippen molar-refractivity contribution in [3.63, 3.8) is 0 Å². The third kappa shape index (κ3) is 5.13. The highest BCUT2D eigenvalue weighted by atomic mass is 19.4. The van der Waals surface area contributed by atoms with Gasteiger partial charge in [-0.2, -0.15) is 22.0 Å². The molecular weight excluding hydrogens is 347 g/mol. The zero-order valence-corrected chi connectivity index (χ0v) is 12.8. The van der Waals surface area contributed by atoms with Crippen LogP contribution in [-0.2, 0) is 6.18 Å². The van der Waals surface area contributed by atoms with Crippen LogP contribution in [0.25, 0.3) is 0 Å². The van der Waals surface area contributed by atoms with Crippen LogP contribution in [0.5, 0.6) is 5.75 Å². The van der Waals surface area contributed by atoms with Crippen LogP contribution in [0.1, 0.15) is 34.6 Å². The maximum atomic E-state index is 12.4. The minimum atomic E-state index is -4.58. The molecule has 9 heteroatoms. The van der Waals surface area contributed by atoms with Gasteiger partial charge in [-0.15, -0.1) is 0 Å².